The van der Waals surface area contributed by atoms with E-state index in [2.05, 4.69) is 35.1 Å². The smallest absolute Gasteiger partial charge is 0.407 e. The number of carbonyl (C=O) groups is 1. The number of hydrogen-bond acceptors (Lipinski definition) is 3. The van der Waals surface area contributed by atoms with Crippen molar-refractivity contribution in [2.75, 3.05) is 18.5 Å². The van der Waals surface area contributed by atoms with Gasteiger partial charge in [-0.25, -0.2) is 4.79 Å². The fourth-order valence-corrected chi connectivity index (χ4v) is 1.44. The van der Waals surface area contributed by atoms with Gasteiger partial charge in [0.25, 0.3) is 0 Å². The Hall–Kier alpha value is -0.290. The van der Waals surface area contributed by atoms with Gasteiger partial charge in [-0.3, -0.25) is 0 Å². The van der Waals surface area contributed by atoms with Gasteiger partial charge in [-0.15, -0.1) is 0 Å². The number of halogens is 1. The second kappa shape index (κ2) is 7.34. The summed E-state index contributed by atoms with van der Waals surface area (Å²) < 4.78 is 11.0. The zero-order valence-electron chi connectivity index (χ0n) is 12.3. The topological polar surface area (TPSA) is 47.6 Å². The van der Waals surface area contributed by atoms with Crippen molar-refractivity contribution in [1.82, 2.24) is 5.32 Å². The molecule has 0 aliphatic carbocycles. The summed E-state index contributed by atoms with van der Waals surface area (Å²) in [4.78, 5) is 11.6. The highest BCUT2D eigenvalue weighted by molar-refractivity contribution is 9.09. The Balaban J connectivity index is 4.17. The largest absolute Gasteiger partial charge is 0.444 e. The maximum Gasteiger partial charge on any atom is 0.407 e. The van der Waals surface area contributed by atoms with Crippen LogP contribution in [0.1, 0.15) is 41.5 Å². The van der Waals surface area contributed by atoms with E-state index in [4.69, 9.17) is 9.47 Å². The van der Waals surface area contributed by atoms with Gasteiger partial charge in [-0.2, -0.15) is 0 Å². The van der Waals surface area contributed by atoms with Gasteiger partial charge in [0.2, 0.25) is 0 Å². The van der Waals surface area contributed by atoms with Crippen molar-refractivity contribution in [2.45, 2.75) is 52.7 Å². The lowest BCUT2D eigenvalue weighted by molar-refractivity contribution is -0.0270. The SMILES string of the molecule is CC(C)COC(C)(CBr)CNC(=O)OC(C)(C)C. The van der Waals surface area contributed by atoms with Crippen LogP contribution in [0.4, 0.5) is 4.79 Å². The minimum atomic E-state index is -0.478. The van der Waals surface area contributed by atoms with Gasteiger partial charge in [0.1, 0.15) is 5.60 Å². The first-order valence-electron chi connectivity index (χ1n) is 6.25. The quantitative estimate of drug-likeness (QED) is 0.762. The van der Waals surface area contributed by atoms with Crippen molar-refractivity contribution in [3.05, 3.63) is 0 Å². The number of rotatable bonds is 6. The molecule has 0 aliphatic heterocycles. The molecule has 0 aromatic carbocycles. The Kier molecular flexibility index (Phi) is 7.22. The molecule has 108 valence electrons. The molecule has 0 rings (SSSR count). The van der Waals surface area contributed by atoms with Crippen molar-refractivity contribution in [3.63, 3.8) is 0 Å². The standard InChI is InChI=1S/C13H26BrNO3/c1-10(2)7-17-13(6,8-14)9-15-11(16)18-12(3,4)5/h10H,7-9H2,1-6H3,(H,15,16). The highest BCUT2D eigenvalue weighted by Crippen LogP contribution is 2.15. The van der Waals surface area contributed by atoms with Gasteiger partial charge in [0.15, 0.2) is 0 Å². The second-order valence-electron chi connectivity index (χ2n) is 6.14. The van der Waals surface area contributed by atoms with E-state index in [1.807, 2.05) is 27.7 Å². The summed E-state index contributed by atoms with van der Waals surface area (Å²) in [6.07, 6.45) is -0.414. The molecule has 1 atom stereocenters. The molecule has 4 nitrogen and oxygen atoms in total. The van der Waals surface area contributed by atoms with Crippen molar-refractivity contribution in [1.29, 1.82) is 0 Å². The molecular formula is C13H26BrNO3. The maximum absolute atomic E-state index is 11.6. The van der Waals surface area contributed by atoms with E-state index in [-0.39, 0.29) is 0 Å². The summed E-state index contributed by atoms with van der Waals surface area (Å²) in [6.45, 7) is 12.7. The van der Waals surface area contributed by atoms with Gasteiger partial charge in [0.05, 0.1) is 12.1 Å². The van der Waals surface area contributed by atoms with E-state index in [9.17, 15) is 4.79 Å². The Morgan fingerprint density at radius 3 is 2.22 bits per heavy atom. The van der Waals surface area contributed by atoms with Crippen molar-refractivity contribution in [3.8, 4) is 0 Å². The first-order valence-corrected chi connectivity index (χ1v) is 7.37. The zero-order chi connectivity index (χ0) is 14.4. The normalized spacial score (nSPS) is 15.3. The maximum atomic E-state index is 11.6. The van der Waals surface area contributed by atoms with E-state index >= 15 is 0 Å². The fourth-order valence-electron chi connectivity index (χ4n) is 1.08. The average Bonchev–Trinajstić information content (AvgIpc) is 2.21. The molecular weight excluding hydrogens is 298 g/mol. The van der Waals surface area contributed by atoms with E-state index in [1.54, 1.807) is 0 Å². The van der Waals surface area contributed by atoms with Crippen LogP contribution < -0.4 is 5.32 Å². The molecule has 5 heteroatoms. The molecule has 18 heavy (non-hydrogen) atoms. The summed E-state index contributed by atoms with van der Waals surface area (Å²) in [5.74, 6) is 0.463. The molecule has 1 N–H and O–H groups in total. The third kappa shape index (κ3) is 8.75. The summed E-state index contributed by atoms with van der Waals surface area (Å²) in [6, 6.07) is 0. The molecule has 0 heterocycles. The number of carbonyl (C=O) groups excluding carboxylic acids is 1. The van der Waals surface area contributed by atoms with Gasteiger partial charge >= 0.3 is 6.09 Å². The third-order valence-corrected chi connectivity index (χ3v) is 3.24. The van der Waals surface area contributed by atoms with E-state index in [0.29, 0.717) is 24.4 Å². The summed E-state index contributed by atoms with van der Waals surface area (Å²) in [5.41, 5.74) is -0.894. The van der Waals surface area contributed by atoms with Crippen LogP contribution in [0.5, 0.6) is 0 Å². The van der Waals surface area contributed by atoms with Crippen molar-refractivity contribution in [2.24, 2.45) is 5.92 Å². The predicted molar refractivity (Wildman–Crippen MR) is 77.2 cm³/mol. The minimum absolute atomic E-state index is 0.414. The van der Waals surface area contributed by atoms with Gasteiger partial charge < -0.3 is 14.8 Å². The lowest BCUT2D eigenvalue weighted by Crippen LogP contribution is -2.46. The monoisotopic (exact) mass is 323 g/mol. The van der Waals surface area contributed by atoms with Crippen LogP contribution in [-0.4, -0.2) is 35.8 Å². The first kappa shape index (κ1) is 17.7. The van der Waals surface area contributed by atoms with Crippen LogP contribution in [0.25, 0.3) is 0 Å². The fraction of sp³-hybridized carbons (Fsp3) is 0.923. The number of hydrogen-bond donors (Lipinski definition) is 1. The molecule has 1 unspecified atom stereocenters. The molecule has 0 bridgehead atoms. The minimum Gasteiger partial charge on any atom is -0.444 e. The number of ether oxygens (including phenoxy) is 2. The van der Waals surface area contributed by atoms with Crippen LogP contribution >= 0.6 is 15.9 Å². The van der Waals surface area contributed by atoms with Gasteiger partial charge in [0, 0.05) is 11.9 Å². The molecule has 0 saturated heterocycles. The number of alkyl carbamates (subject to hydrolysis) is 1. The Morgan fingerprint density at radius 2 is 1.83 bits per heavy atom. The lowest BCUT2D eigenvalue weighted by Gasteiger charge is -2.29. The van der Waals surface area contributed by atoms with Crippen LogP contribution in [0.2, 0.25) is 0 Å². The summed E-state index contributed by atoms with van der Waals surface area (Å²) in [7, 11) is 0. The van der Waals surface area contributed by atoms with Crippen LogP contribution in [0, 0.1) is 5.92 Å². The van der Waals surface area contributed by atoms with Crippen molar-refractivity contribution < 1.29 is 14.3 Å². The molecule has 1 amide bonds. The molecule has 0 radical (unpaired) electrons. The zero-order valence-corrected chi connectivity index (χ0v) is 13.9. The molecule has 0 aromatic heterocycles. The Morgan fingerprint density at radius 1 is 1.28 bits per heavy atom. The number of alkyl halides is 1. The number of amides is 1. The van der Waals surface area contributed by atoms with Crippen LogP contribution in [0.3, 0.4) is 0 Å². The Labute approximate surface area is 119 Å². The number of nitrogens with one attached hydrogen (secondary N) is 1. The van der Waals surface area contributed by atoms with Crippen LogP contribution in [0.15, 0.2) is 0 Å². The lowest BCUT2D eigenvalue weighted by atomic mass is 10.1. The van der Waals surface area contributed by atoms with E-state index in [1.165, 1.54) is 0 Å². The molecule has 0 aliphatic rings. The summed E-state index contributed by atoms with van der Waals surface area (Å²) >= 11 is 3.42. The van der Waals surface area contributed by atoms with Crippen LogP contribution in [-0.2, 0) is 9.47 Å². The molecule has 0 spiro atoms. The van der Waals surface area contributed by atoms with E-state index < -0.39 is 17.3 Å². The molecule has 0 aromatic rings. The Bertz CT molecular complexity index is 263. The summed E-state index contributed by atoms with van der Waals surface area (Å²) in [5, 5.41) is 3.39. The first-order chi connectivity index (χ1) is 8.08. The molecule has 0 saturated carbocycles. The molecule has 0 fully saturated rings. The average molecular weight is 324 g/mol. The predicted octanol–water partition coefficient (Wildman–Crippen LogP) is 3.34. The van der Waals surface area contributed by atoms with Crippen molar-refractivity contribution >= 4 is 22.0 Å². The third-order valence-electron chi connectivity index (χ3n) is 2.05. The second-order valence-corrected chi connectivity index (χ2v) is 6.70. The van der Waals surface area contributed by atoms with Gasteiger partial charge in [-0.1, -0.05) is 29.8 Å². The van der Waals surface area contributed by atoms with E-state index in [0.717, 1.165) is 0 Å². The van der Waals surface area contributed by atoms with Gasteiger partial charge in [-0.05, 0) is 33.6 Å². The highest BCUT2D eigenvalue weighted by atomic mass is 79.9. The highest BCUT2D eigenvalue weighted by Gasteiger charge is 2.26.